The summed E-state index contributed by atoms with van der Waals surface area (Å²) in [5.41, 5.74) is 6.32. The Hall–Kier alpha value is -3.88. The van der Waals surface area contributed by atoms with Gasteiger partial charge in [-0.05, 0) is 0 Å². The molecule has 4 aromatic heterocycles. The lowest BCUT2D eigenvalue weighted by Gasteiger charge is -2.16. The molecule has 4 rings (SSSR count). The van der Waals surface area contributed by atoms with Crippen LogP contribution in [0, 0.1) is 0 Å². The van der Waals surface area contributed by atoms with E-state index in [1.807, 2.05) is 0 Å². The molecule has 20 nitrogen and oxygen atoms in total. The number of H-pyrrole nitrogens is 4. The molecule has 198 valence electrons. The first-order valence-corrected chi connectivity index (χ1v) is 10.8. The van der Waals surface area contributed by atoms with Crippen LogP contribution in [-0.4, -0.2) is 106 Å². The third kappa shape index (κ3) is 10.2. The van der Waals surface area contributed by atoms with E-state index >= 15 is 0 Å². The number of rotatable bonds is 4. The Morgan fingerprint density at radius 1 is 0.917 bits per heavy atom. The fourth-order valence-corrected chi connectivity index (χ4v) is 2.05. The molecule has 0 saturated carbocycles. The number of aromatic nitrogens is 8. The maximum absolute atomic E-state index is 11.0. The van der Waals surface area contributed by atoms with Gasteiger partial charge in [-0.3, -0.25) is 14.6 Å². The Kier molecular flexibility index (Phi) is 11.6. The van der Waals surface area contributed by atoms with Crippen LogP contribution in [0.2, 0.25) is 0 Å². The lowest BCUT2D eigenvalue weighted by Crippen LogP contribution is -2.40. The number of hydrogen-bond donors (Lipinski definition) is 12. The standard InChI is InChI=1S/C5H5N5O.C5H4N4O.C5H10O5.H3O4P/c6-5-9-3-2(4(11)10-5)7-1-8-3;10-5-3-4(7-1-6-3)8-2-9-5;6-1-3(8)5(10)4(9)2-7;1-5(2,3)4/h1H,(H4,6,7,8,9,10,11);1-2H,(H2,6,7,8,9,10);1,3-5,7-10H,2H2;(H3,1,2,3,4). The van der Waals surface area contributed by atoms with Crippen molar-refractivity contribution in [2.24, 2.45) is 0 Å². The van der Waals surface area contributed by atoms with Crippen molar-refractivity contribution in [2.75, 3.05) is 12.3 Å². The number of anilines is 1. The van der Waals surface area contributed by atoms with E-state index in [1.165, 1.54) is 19.0 Å². The number of carbonyl (C=O) groups excluding carboxylic acids is 1. The van der Waals surface area contributed by atoms with Crippen LogP contribution in [0.3, 0.4) is 0 Å². The number of aliphatic hydroxyl groups is 4. The summed E-state index contributed by atoms with van der Waals surface area (Å²) in [7, 11) is -4.64. The number of aldehydes is 1. The molecule has 0 aliphatic heterocycles. The number of aliphatic hydroxyl groups excluding tert-OH is 4. The summed E-state index contributed by atoms with van der Waals surface area (Å²) >= 11 is 0. The molecule has 36 heavy (non-hydrogen) atoms. The minimum Gasteiger partial charge on any atom is -0.394 e. The van der Waals surface area contributed by atoms with Crippen molar-refractivity contribution in [3.05, 3.63) is 39.7 Å². The zero-order valence-corrected chi connectivity index (χ0v) is 18.7. The van der Waals surface area contributed by atoms with Crippen LogP contribution in [0.1, 0.15) is 0 Å². The van der Waals surface area contributed by atoms with Gasteiger partial charge in [0, 0.05) is 0 Å². The predicted octanol–water partition coefficient (Wildman–Crippen LogP) is -4.79. The van der Waals surface area contributed by atoms with Crippen molar-refractivity contribution >= 4 is 42.4 Å². The average molecular weight is 535 g/mol. The predicted molar refractivity (Wildman–Crippen MR) is 119 cm³/mol. The quantitative estimate of drug-likeness (QED) is 0.0861. The molecule has 0 aliphatic rings. The van der Waals surface area contributed by atoms with Gasteiger partial charge in [-0.2, -0.15) is 4.98 Å². The van der Waals surface area contributed by atoms with E-state index in [0.717, 1.165) is 0 Å². The number of hydrogen-bond acceptors (Lipinski definition) is 13. The zero-order valence-electron chi connectivity index (χ0n) is 17.8. The highest BCUT2D eigenvalue weighted by Crippen LogP contribution is 2.25. The molecule has 4 aromatic rings. The summed E-state index contributed by atoms with van der Waals surface area (Å²) in [6.07, 6.45) is -0.473. The van der Waals surface area contributed by atoms with Crippen LogP contribution in [0.5, 0.6) is 0 Å². The minimum absolute atomic E-state index is 0.0783. The van der Waals surface area contributed by atoms with Crippen LogP contribution in [-0.2, 0) is 9.36 Å². The molecule has 0 radical (unpaired) electrons. The molecule has 0 aliphatic carbocycles. The second-order valence-corrected chi connectivity index (χ2v) is 7.29. The van der Waals surface area contributed by atoms with Crippen molar-refractivity contribution in [1.29, 1.82) is 0 Å². The van der Waals surface area contributed by atoms with E-state index in [4.69, 9.17) is 45.4 Å². The maximum atomic E-state index is 11.0. The first kappa shape index (κ1) is 30.2. The average Bonchev–Trinajstić information content (AvgIpc) is 3.47. The van der Waals surface area contributed by atoms with Crippen molar-refractivity contribution in [2.45, 2.75) is 18.3 Å². The highest BCUT2D eigenvalue weighted by Gasteiger charge is 2.22. The van der Waals surface area contributed by atoms with E-state index in [9.17, 15) is 14.4 Å². The third-order valence-corrected chi connectivity index (χ3v) is 3.61. The third-order valence-electron chi connectivity index (χ3n) is 3.61. The zero-order chi connectivity index (χ0) is 27.5. The Balaban J connectivity index is 0.000000248. The Labute approximate surface area is 197 Å². The maximum Gasteiger partial charge on any atom is 0.466 e. The van der Waals surface area contributed by atoms with Crippen LogP contribution in [0.15, 0.2) is 28.6 Å². The van der Waals surface area contributed by atoms with Crippen molar-refractivity contribution in [3.63, 3.8) is 0 Å². The highest BCUT2D eigenvalue weighted by atomic mass is 31.2. The molecule has 0 aromatic carbocycles. The number of nitrogens with one attached hydrogen (secondary N) is 4. The van der Waals surface area contributed by atoms with Gasteiger partial charge in [0.2, 0.25) is 5.95 Å². The topological polar surface area (TPSA) is 351 Å². The number of phosphoric acid groups is 1. The molecule has 0 bridgehead atoms. The SMILES string of the molecule is Nc1nc2nc[nH]c2c(=O)[nH]1.O=CC(O)C(O)C(O)CO.O=P(O)(O)O.O=c1[nH]cnc2nc[nH]c12. The normalized spacial score (nSPS) is 13.2. The molecule has 0 amide bonds. The van der Waals surface area contributed by atoms with Crippen LogP contribution >= 0.6 is 7.82 Å². The minimum atomic E-state index is -4.64. The number of nitrogen functional groups attached to an aromatic ring is 1. The molecule has 0 spiro atoms. The number of nitrogens with zero attached hydrogens (tertiary/aromatic N) is 4. The van der Waals surface area contributed by atoms with Gasteiger partial charge in [0.1, 0.15) is 18.3 Å². The van der Waals surface area contributed by atoms with Crippen LogP contribution in [0.4, 0.5) is 5.95 Å². The van der Waals surface area contributed by atoms with Crippen molar-refractivity contribution in [3.8, 4) is 0 Å². The second kappa shape index (κ2) is 13.9. The Morgan fingerprint density at radius 2 is 1.39 bits per heavy atom. The van der Waals surface area contributed by atoms with Gasteiger partial charge < -0.3 is 60.6 Å². The molecule has 3 atom stereocenters. The van der Waals surface area contributed by atoms with E-state index in [2.05, 4.69) is 39.9 Å². The number of nitrogens with two attached hydrogens (primary N) is 1. The van der Waals surface area contributed by atoms with Crippen molar-refractivity contribution in [1.82, 2.24) is 39.9 Å². The first-order valence-electron chi connectivity index (χ1n) is 9.22. The van der Waals surface area contributed by atoms with Crippen LogP contribution in [0.25, 0.3) is 22.3 Å². The van der Waals surface area contributed by atoms with Gasteiger partial charge in [0.25, 0.3) is 11.1 Å². The fourth-order valence-electron chi connectivity index (χ4n) is 2.05. The van der Waals surface area contributed by atoms with Gasteiger partial charge in [-0.1, -0.05) is 0 Å². The van der Waals surface area contributed by atoms with Crippen molar-refractivity contribution < 1.29 is 44.5 Å². The molecule has 21 heteroatoms. The lowest BCUT2D eigenvalue weighted by atomic mass is 10.1. The monoisotopic (exact) mass is 535 g/mol. The number of carbonyl (C=O) groups is 1. The summed E-state index contributed by atoms with van der Waals surface area (Å²) in [5.74, 6) is 0.0783. The lowest BCUT2D eigenvalue weighted by molar-refractivity contribution is -0.127. The summed E-state index contributed by atoms with van der Waals surface area (Å²) in [6.45, 7) is -0.688. The van der Waals surface area contributed by atoms with E-state index in [-0.39, 0.29) is 23.4 Å². The van der Waals surface area contributed by atoms with E-state index in [0.29, 0.717) is 22.3 Å². The van der Waals surface area contributed by atoms with Gasteiger partial charge in [-0.15, -0.1) is 0 Å². The first-order chi connectivity index (χ1) is 16.8. The Morgan fingerprint density at radius 3 is 1.86 bits per heavy atom. The number of aromatic amines is 4. The molecular formula is C15H22N9O11P. The Bertz CT molecular complexity index is 1390. The van der Waals surface area contributed by atoms with E-state index in [1.54, 1.807) is 0 Å². The highest BCUT2D eigenvalue weighted by molar-refractivity contribution is 7.45. The summed E-state index contributed by atoms with van der Waals surface area (Å²) in [6, 6.07) is 0. The summed E-state index contributed by atoms with van der Waals surface area (Å²) in [5, 5.41) is 34.1. The van der Waals surface area contributed by atoms with E-state index < -0.39 is 32.7 Å². The van der Waals surface area contributed by atoms with Gasteiger partial charge in [-0.25, -0.2) is 19.5 Å². The number of fused-ring (bicyclic) bond motifs is 2. The largest absolute Gasteiger partial charge is 0.466 e. The smallest absolute Gasteiger partial charge is 0.394 e. The van der Waals surface area contributed by atoms with Crippen LogP contribution < -0.4 is 16.9 Å². The molecule has 4 heterocycles. The summed E-state index contributed by atoms with van der Waals surface area (Å²) < 4.78 is 8.88. The van der Waals surface area contributed by atoms with Gasteiger partial charge >= 0.3 is 7.82 Å². The van der Waals surface area contributed by atoms with Gasteiger partial charge in [0.05, 0.1) is 25.6 Å². The number of imidazole rings is 2. The fraction of sp³-hybridized carbons (Fsp3) is 0.267. The second-order valence-electron chi connectivity index (χ2n) is 6.27. The molecule has 0 fully saturated rings. The molecule has 3 unspecified atom stereocenters. The molecule has 0 saturated heterocycles. The summed E-state index contributed by atoms with van der Waals surface area (Å²) in [4.78, 5) is 78.4. The molecular weight excluding hydrogens is 513 g/mol. The van der Waals surface area contributed by atoms with Gasteiger partial charge in [0.15, 0.2) is 28.6 Å². The molecule has 13 N–H and O–H groups in total.